The van der Waals surface area contributed by atoms with Gasteiger partial charge < -0.3 is 16.0 Å². The van der Waals surface area contributed by atoms with E-state index in [1.807, 2.05) is 18.4 Å². The molecule has 11 heteroatoms. The average molecular weight is 454 g/mol. The Bertz CT molecular complexity index is 1070. The Kier molecular flexibility index (Phi) is 5.94. The Balaban J connectivity index is 1.79. The van der Waals surface area contributed by atoms with Gasteiger partial charge in [-0.05, 0) is 58.0 Å². The highest BCUT2D eigenvalue weighted by molar-refractivity contribution is 6.31. The van der Waals surface area contributed by atoms with Crippen molar-refractivity contribution in [3.05, 3.63) is 35.0 Å². The SMILES string of the molecule is CC(C)Nc1ncc2nc(Nc3cc(Cl)cc(C(F)(F)F)c3)n(C3CCNCC3)c2n1. The number of fused-ring (bicyclic) bond motifs is 1. The maximum atomic E-state index is 13.2. The van der Waals surface area contributed by atoms with Crippen LogP contribution in [0, 0.1) is 0 Å². The van der Waals surface area contributed by atoms with E-state index >= 15 is 0 Å². The molecule has 7 nitrogen and oxygen atoms in total. The summed E-state index contributed by atoms with van der Waals surface area (Å²) in [6.07, 6.45) is -1.19. The van der Waals surface area contributed by atoms with E-state index in [1.54, 1.807) is 6.20 Å². The smallest absolute Gasteiger partial charge is 0.352 e. The van der Waals surface area contributed by atoms with Crippen LogP contribution in [-0.2, 0) is 6.18 Å². The number of rotatable bonds is 5. The first-order valence-electron chi connectivity index (χ1n) is 10.1. The number of halogens is 4. The molecule has 0 atom stereocenters. The van der Waals surface area contributed by atoms with Crippen LogP contribution in [0.1, 0.15) is 38.3 Å². The number of nitrogens with one attached hydrogen (secondary N) is 3. The zero-order valence-corrected chi connectivity index (χ0v) is 17.8. The van der Waals surface area contributed by atoms with Crippen LogP contribution in [0.25, 0.3) is 11.2 Å². The number of hydrogen-bond acceptors (Lipinski definition) is 6. The highest BCUT2D eigenvalue weighted by Gasteiger charge is 2.31. The van der Waals surface area contributed by atoms with Crippen molar-refractivity contribution >= 4 is 40.3 Å². The van der Waals surface area contributed by atoms with Crippen LogP contribution in [0.2, 0.25) is 5.02 Å². The highest BCUT2D eigenvalue weighted by Crippen LogP contribution is 2.35. The molecule has 0 spiro atoms. The van der Waals surface area contributed by atoms with E-state index in [9.17, 15) is 13.2 Å². The number of nitrogens with zero attached hydrogens (tertiary/aromatic N) is 4. The van der Waals surface area contributed by atoms with Crippen molar-refractivity contribution in [2.24, 2.45) is 0 Å². The van der Waals surface area contributed by atoms with Gasteiger partial charge in [0.2, 0.25) is 11.9 Å². The fraction of sp³-hybridized carbons (Fsp3) is 0.450. The summed E-state index contributed by atoms with van der Waals surface area (Å²) in [5.74, 6) is 0.888. The first kappa shape index (κ1) is 21.6. The Morgan fingerprint density at radius 3 is 2.58 bits per heavy atom. The van der Waals surface area contributed by atoms with Crippen molar-refractivity contribution < 1.29 is 13.2 Å². The van der Waals surface area contributed by atoms with Crippen molar-refractivity contribution in [2.45, 2.75) is 44.9 Å². The van der Waals surface area contributed by atoms with E-state index in [-0.39, 0.29) is 22.8 Å². The van der Waals surface area contributed by atoms with Gasteiger partial charge in [-0.25, -0.2) is 9.97 Å². The van der Waals surface area contributed by atoms with Crippen molar-refractivity contribution in [3.63, 3.8) is 0 Å². The van der Waals surface area contributed by atoms with Gasteiger partial charge in [-0.2, -0.15) is 18.2 Å². The number of alkyl halides is 3. The van der Waals surface area contributed by atoms with Gasteiger partial charge in [-0.15, -0.1) is 0 Å². The molecular weight excluding hydrogens is 431 g/mol. The standard InChI is InChI=1S/C20H23ClF3N7/c1-11(2)27-18-26-10-16-17(30-18)31(15-3-5-25-6-4-15)19(29-16)28-14-8-12(20(22,23)24)7-13(21)9-14/h7-11,15,25H,3-6H2,1-2H3,(H,28,29)(H,26,27,30). The lowest BCUT2D eigenvalue weighted by atomic mass is 10.1. The number of anilines is 3. The Morgan fingerprint density at radius 2 is 1.90 bits per heavy atom. The van der Waals surface area contributed by atoms with Gasteiger partial charge >= 0.3 is 6.18 Å². The number of hydrogen-bond donors (Lipinski definition) is 3. The molecule has 0 aliphatic carbocycles. The predicted octanol–water partition coefficient (Wildman–Crippen LogP) is 4.99. The van der Waals surface area contributed by atoms with Crippen molar-refractivity contribution in [1.82, 2.24) is 24.8 Å². The number of imidazole rings is 1. The molecule has 1 aromatic carbocycles. The monoisotopic (exact) mass is 453 g/mol. The lowest BCUT2D eigenvalue weighted by Crippen LogP contribution is -2.30. The summed E-state index contributed by atoms with van der Waals surface area (Å²) in [6.45, 7) is 5.65. The van der Waals surface area contributed by atoms with Crippen LogP contribution in [-0.4, -0.2) is 38.7 Å². The van der Waals surface area contributed by atoms with Crippen LogP contribution in [0.3, 0.4) is 0 Å². The van der Waals surface area contributed by atoms with Gasteiger partial charge in [0.15, 0.2) is 5.65 Å². The predicted molar refractivity (Wildman–Crippen MR) is 115 cm³/mol. The Morgan fingerprint density at radius 1 is 1.16 bits per heavy atom. The molecule has 1 aliphatic rings. The lowest BCUT2D eigenvalue weighted by Gasteiger charge is -2.26. The van der Waals surface area contributed by atoms with Gasteiger partial charge in [0.25, 0.3) is 0 Å². The number of aromatic nitrogens is 4. The second-order valence-corrected chi connectivity index (χ2v) is 8.28. The van der Waals surface area contributed by atoms with E-state index in [1.165, 1.54) is 6.07 Å². The molecular formula is C20H23ClF3N7. The lowest BCUT2D eigenvalue weighted by molar-refractivity contribution is -0.137. The quantitative estimate of drug-likeness (QED) is 0.505. The summed E-state index contributed by atoms with van der Waals surface area (Å²) in [5, 5.41) is 9.52. The molecule has 3 aromatic rings. The first-order chi connectivity index (χ1) is 14.7. The Hall–Kier alpha value is -2.59. The van der Waals surface area contributed by atoms with E-state index < -0.39 is 11.7 Å². The van der Waals surface area contributed by atoms with Crippen LogP contribution < -0.4 is 16.0 Å². The molecule has 0 amide bonds. The van der Waals surface area contributed by atoms with E-state index in [0.717, 1.165) is 38.1 Å². The van der Waals surface area contributed by atoms with E-state index in [0.29, 0.717) is 23.1 Å². The molecule has 31 heavy (non-hydrogen) atoms. The number of piperidine rings is 1. The van der Waals surface area contributed by atoms with Crippen molar-refractivity contribution in [1.29, 1.82) is 0 Å². The summed E-state index contributed by atoms with van der Waals surface area (Å²) in [5.41, 5.74) is 0.577. The second-order valence-electron chi connectivity index (χ2n) is 7.84. The molecule has 3 heterocycles. The molecule has 0 unspecified atom stereocenters. The summed E-state index contributed by atoms with van der Waals surface area (Å²) >= 11 is 5.95. The van der Waals surface area contributed by atoms with Gasteiger partial charge in [-0.1, -0.05) is 11.6 Å². The topological polar surface area (TPSA) is 79.7 Å². The minimum atomic E-state index is -4.50. The Labute approximate surface area is 182 Å². The molecule has 3 N–H and O–H groups in total. The fourth-order valence-electron chi connectivity index (χ4n) is 3.67. The van der Waals surface area contributed by atoms with Crippen LogP contribution in [0.4, 0.5) is 30.8 Å². The largest absolute Gasteiger partial charge is 0.416 e. The summed E-state index contributed by atoms with van der Waals surface area (Å²) < 4.78 is 41.7. The molecule has 0 radical (unpaired) electrons. The van der Waals surface area contributed by atoms with Crippen molar-refractivity contribution in [2.75, 3.05) is 23.7 Å². The summed E-state index contributed by atoms with van der Waals surface area (Å²) in [6, 6.07) is 3.61. The minimum absolute atomic E-state index is 0.00920. The zero-order chi connectivity index (χ0) is 22.2. The molecule has 0 bridgehead atoms. The summed E-state index contributed by atoms with van der Waals surface area (Å²) in [7, 11) is 0. The van der Waals surface area contributed by atoms with Gasteiger partial charge in [0.1, 0.15) is 5.52 Å². The van der Waals surface area contributed by atoms with Gasteiger partial charge in [0.05, 0.1) is 11.8 Å². The highest BCUT2D eigenvalue weighted by atomic mass is 35.5. The molecule has 166 valence electrons. The molecule has 2 aromatic heterocycles. The third kappa shape index (κ3) is 4.85. The van der Waals surface area contributed by atoms with Gasteiger partial charge in [0, 0.05) is 22.8 Å². The molecule has 1 saturated heterocycles. The minimum Gasteiger partial charge on any atom is -0.352 e. The average Bonchev–Trinajstić information content (AvgIpc) is 3.04. The second kappa shape index (κ2) is 8.51. The molecule has 1 aliphatic heterocycles. The fourth-order valence-corrected chi connectivity index (χ4v) is 3.91. The molecule has 4 rings (SSSR count). The number of benzene rings is 1. The van der Waals surface area contributed by atoms with Crippen molar-refractivity contribution in [3.8, 4) is 0 Å². The van der Waals surface area contributed by atoms with Crippen LogP contribution in [0.15, 0.2) is 24.4 Å². The van der Waals surface area contributed by atoms with E-state index in [2.05, 4.69) is 30.9 Å². The maximum absolute atomic E-state index is 13.2. The summed E-state index contributed by atoms with van der Waals surface area (Å²) in [4.78, 5) is 13.5. The third-order valence-corrected chi connectivity index (χ3v) is 5.22. The molecule has 1 fully saturated rings. The van der Waals surface area contributed by atoms with E-state index in [4.69, 9.17) is 11.6 Å². The van der Waals surface area contributed by atoms with Crippen LogP contribution >= 0.6 is 11.6 Å². The third-order valence-electron chi connectivity index (χ3n) is 5.01. The molecule has 0 saturated carbocycles. The first-order valence-corrected chi connectivity index (χ1v) is 10.5. The normalized spacial score (nSPS) is 15.6. The van der Waals surface area contributed by atoms with Gasteiger partial charge in [-0.3, -0.25) is 4.57 Å². The maximum Gasteiger partial charge on any atom is 0.416 e. The van der Waals surface area contributed by atoms with Crippen LogP contribution in [0.5, 0.6) is 0 Å². The zero-order valence-electron chi connectivity index (χ0n) is 17.1.